The van der Waals surface area contributed by atoms with E-state index < -0.39 is 11.5 Å². The number of rotatable bonds is 2. The van der Waals surface area contributed by atoms with Gasteiger partial charge < -0.3 is 10.4 Å². The van der Waals surface area contributed by atoms with Crippen LogP contribution in [0.2, 0.25) is 0 Å². The van der Waals surface area contributed by atoms with Crippen molar-refractivity contribution in [2.45, 2.75) is 24.8 Å². The summed E-state index contributed by atoms with van der Waals surface area (Å²) in [6.45, 7) is 2.40. The summed E-state index contributed by atoms with van der Waals surface area (Å²) < 4.78 is 0. The zero-order valence-electron chi connectivity index (χ0n) is 8.60. The number of carboxylic acids is 1. The largest absolute Gasteiger partial charge is 0.480 e. The van der Waals surface area contributed by atoms with Crippen LogP contribution in [0.1, 0.15) is 25.0 Å². The molecule has 1 saturated heterocycles. The van der Waals surface area contributed by atoms with E-state index in [1.165, 1.54) is 0 Å². The lowest BCUT2D eigenvalue weighted by Gasteiger charge is -2.17. The Balaban J connectivity index is 2.14. The van der Waals surface area contributed by atoms with Gasteiger partial charge in [0, 0.05) is 24.4 Å². The third-order valence-corrected chi connectivity index (χ3v) is 2.97. The van der Waals surface area contributed by atoms with Crippen LogP contribution < -0.4 is 5.32 Å². The van der Waals surface area contributed by atoms with Crippen LogP contribution >= 0.6 is 0 Å². The van der Waals surface area contributed by atoms with Crippen molar-refractivity contribution in [2.75, 3.05) is 6.54 Å². The predicted octanol–water partition coefficient (Wildman–Crippen LogP) is 1.00. The second-order valence-electron chi connectivity index (χ2n) is 4.17. The van der Waals surface area contributed by atoms with Gasteiger partial charge in [0.1, 0.15) is 5.54 Å². The molecule has 1 aromatic heterocycles. The van der Waals surface area contributed by atoms with Crippen molar-refractivity contribution in [3.63, 3.8) is 0 Å². The van der Waals surface area contributed by atoms with Gasteiger partial charge in [-0.2, -0.15) is 0 Å². The molecule has 80 valence electrons. The van der Waals surface area contributed by atoms with Gasteiger partial charge in [-0.05, 0) is 25.5 Å². The summed E-state index contributed by atoms with van der Waals surface area (Å²) in [5.41, 5.74) is 0.164. The molecule has 4 heteroatoms. The Morgan fingerprint density at radius 2 is 2.47 bits per heavy atom. The molecule has 1 aliphatic rings. The van der Waals surface area contributed by atoms with E-state index >= 15 is 0 Å². The number of carbonyl (C=O) groups is 1. The van der Waals surface area contributed by atoms with E-state index in [1.54, 1.807) is 13.1 Å². The fourth-order valence-corrected chi connectivity index (χ4v) is 1.98. The average Bonchev–Trinajstić information content (AvgIpc) is 2.64. The van der Waals surface area contributed by atoms with Crippen molar-refractivity contribution in [3.8, 4) is 0 Å². The molecular weight excluding hydrogens is 192 g/mol. The maximum atomic E-state index is 11.0. The zero-order chi connectivity index (χ0) is 10.9. The van der Waals surface area contributed by atoms with Gasteiger partial charge in [0.05, 0.1) is 0 Å². The lowest BCUT2D eigenvalue weighted by Crippen LogP contribution is -2.44. The molecule has 15 heavy (non-hydrogen) atoms. The van der Waals surface area contributed by atoms with E-state index in [-0.39, 0.29) is 5.92 Å². The number of pyridine rings is 1. The molecule has 0 aliphatic carbocycles. The summed E-state index contributed by atoms with van der Waals surface area (Å²) in [6.07, 6.45) is 2.34. The Hall–Kier alpha value is -1.42. The molecule has 2 atom stereocenters. The lowest BCUT2D eigenvalue weighted by molar-refractivity contribution is -0.143. The molecule has 2 heterocycles. The summed E-state index contributed by atoms with van der Waals surface area (Å²) in [7, 11) is 0. The maximum Gasteiger partial charge on any atom is 0.323 e. The highest BCUT2D eigenvalue weighted by molar-refractivity contribution is 5.78. The van der Waals surface area contributed by atoms with E-state index in [9.17, 15) is 4.79 Å². The second-order valence-corrected chi connectivity index (χ2v) is 4.17. The summed E-state index contributed by atoms with van der Waals surface area (Å²) in [6, 6.07) is 5.74. The minimum atomic E-state index is -0.803. The number of aromatic nitrogens is 1. The molecule has 0 aromatic carbocycles. The molecule has 0 bridgehead atoms. The number of carboxylic acid groups (broad SMARTS) is 1. The van der Waals surface area contributed by atoms with Crippen LogP contribution in [0.4, 0.5) is 0 Å². The Labute approximate surface area is 88.3 Å². The van der Waals surface area contributed by atoms with E-state index in [2.05, 4.69) is 10.3 Å². The van der Waals surface area contributed by atoms with Crippen molar-refractivity contribution in [1.29, 1.82) is 0 Å². The molecule has 1 aromatic rings. The minimum absolute atomic E-state index is 0.201. The molecule has 2 unspecified atom stereocenters. The standard InChI is InChI=1S/C11H14N2O2/c1-11(10(14)15)6-8(7-13-11)9-4-2-3-5-12-9/h2-5,8,13H,6-7H2,1H3,(H,14,15). The van der Waals surface area contributed by atoms with Gasteiger partial charge in [0.25, 0.3) is 0 Å². The van der Waals surface area contributed by atoms with Crippen LogP contribution in [0.25, 0.3) is 0 Å². The van der Waals surface area contributed by atoms with Crippen molar-refractivity contribution < 1.29 is 9.90 Å². The molecule has 4 nitrogen and oxygen atoms in total. The monoisotopic (exact) mass is 206 g/mol. The van der Waals surface area contributed by atoms with Crippen LogP contribution in [-0.4, -0.2) is 28.1 Å². The SMILES string of the molecule is CC1(C(=O)O)CC(c2ccccn2)CN1. The van der Waals surface area contributed by atoms with Crippen molar-refractivity contribution >= 4 is 5.97 Å². The molecule has 0 amide bonds. The fourth-order valence-electron chi connectivity index (χ4n) is 1.98. The Morgan fingerprint density at radius 1 is 1.67 bits per heavy atom. The Morgan fingerprint density at radius 3 is 3.00 bits per heavy atom. The highest BCUT2D eigenvalue weighted by Gasteiger charge is 2.41. The van der Waals surface area contributed by atoms with Gasteiger partial charge in [0.2, 0.25) is 0 Å². The summed E-state index contributed by atoms with van der Waals surface area (Å²) in [4.78, 5) is 15.3. The number of hydrogen-bond acceptors (Lipinski definition) is 3. The van der Waals surface area contributed by atoms with E-state index in [0.29, 0.717) is 13.0 Å². The summed E-state index contributed by atoms with van der Waals surface area (Å²) in [5.74, 6) is -0.590. The topological polar surface area (TPSA) is 62.2 Å². The second kappa shape index (κ2) is 3.62. The molecular formula is C11H14N2O2. The smallest absolute Gasteiger partial charge is 0.323 e. The van der Waals surface area contributed by atoms with Gasteiger partial charge in [-0.3, -0.25) is 9.78 Å². The van der Waals surface area contributed by atoms with Crippen molar-refractivity contribution in [1.82, 2.24) is 10.3 Å². The Kier molecular flexibility index (Phi) is 2.44. The zero-order valence-corrected chi connectivity index (χ0v) is 8.60. The highest BCUT2D eigenvalue weighted by Crippen LogP contribution is 2.30. The Bertz CT molecular complexity index is 366. The van der Waals surface area contributed by atoms with Gasteiger partial charge in [-0.25, -0.2) is 0 Å². The first-order valence-electron chi connectivity index (χ1n) is 5.01. The molecule has 1 aliphatic heterocycles. The van der Waals surface area contributed by atoms with E-state index in [4.69, 9.17) is 5.11 Å². The van der Waals surface area contributed by atoms with Crippen molar-refractivity contribution in [2.24, 2.45) is 0 Å². The molecule has 0 saturated carbocycles. The first-order chi connectivity index (χ1) is 7.12. The minimum Gasteiger partial charge on any atom is -0.480 e. The fraction of sp³-hybridized carbons (Fsp3) is 0.455. The number of nitrogens with zero attached hydrogens (tertiary/aromatic N) is 1. The van der Waals surface area contributed by atoms with Gasteiger partial charge >= 0.3 is 5.97 Å². The molecule has 2 N–H and O–H groups in total. The van der Waals surface area contributed by atoms with E-state index in [1.807, 2.05) is 18.2 Å². The first kappa shape index (κ1) is 10.1. The van der Waals surface area contributed by atoms with Crippen LogP contribution in [0.5, 0.6) is 0 Å². The van der Waals surface area contributed by atoms with Crippen LogP contribution in [-0.2, 0) is 4.79 Å². The molecule has 0 spiro atoms. The van der Waals surface area contributed by atoms with Crippen LogP contribution in [0.3, 0.4) is 0 Å². The molecule has 0 radical (unpaired) electrons. The highest BCUT2D eigenvalue weighted by atomic mass is 16.4. The number of nitrogens with one attached hydrogen (secondary N) is 1. The van der Waals surface area contributed by atoms with E-state index in [0.717, 1.165) is 5.69 Å². The lowest BCUT2D eigenvalue weighted by atomic mass is 9.93. The normalized spacial score (nSPS) is 30.3. The predicted molar refractivity (Wildman–Crippen MR) is 55.6 cm³/mol. The summed E-state index contributed by atoms with van der Waals surface area (Å²) in [5, 5.41) is 12.1. The quantitative estimate of drug-likeness (QED) is 0.757. The van der Waals surface area contributed by atoms with Gasteiger partial charge in [-0.1, -0.05) is 6.07 Å². The first-order valence-corrected chi connectivity index (χ1v) is 5.01. The molecule has 1 fully saturated rings. The van der Waals surface area contributed by atoms with Crippen molar-refractivity contribution in [3.05, 3.63) is 30.1 Å². The third-order valence-electron chi connectivity index (χ3n) is 2.97. The van der Waals surface area contributed by atoms with Crippen LogP contribution in [0.15, 0.2) is 24.4 Å². The van der Waals surface area contributed by atoms with Gasteiger partial charge in [-0.15, -0.1) is 0 Å². The van der Waals surface area contributed by atoms with Crippen LogP contribution in [0, 0.1) is 0 Å². The molecule has 2 rings (SSSR count). The average molecular weight is 206 g/mol. The van der Waals surface area contributed by atoms with Gasteiger partial charge in [0.15, 0.2) is 0 Å². The number of hydrogen-bond donors (Lipinski definition) is 2. The number of aliphatic carboxylic acids is 1. The summed E-state index contributed by atoms with van der Waals surface area (Å²) >= 11 is 0. The maximum absolute atomic E-state index is 11.0. The third kappa shape index (κ3) is 1.85.